The lowest BCUT2D eigenvalue weighted by atomic mass is 10.3. The van der Waals surface area contributed by atoms with Crippen molar-refractivity contribution in [3.05, 3.63) is 12.2 Å². The van der Waals surface area contributed by atoms with E-state index < -0.39 is 0 Å². The summed E-state index contributed by atoms with van der Waals surface area (Å²) < 4.78 is 6.73. The molecule has 1 aromatic heterocycles. The summed E-state index contributed by atoms with van der Waals surface area (Å²) in [6.07, 6.45) is 1.53. The Hall–Kier alpha value is -0.650. The normalized spacial score (nSPS) is 13.1. The lowest BCUT2D eigenvalue weighted by molar-refractivity contribution is 0.172. The Morgan fingerprint density at radius 1 is 1.71 bits per heavy atom. The average Bonchev–Trinajstić information content (AvgIpc) is 2.59. The molecule has 1 atom stereocenters. The summed E-state index contributed by atoms with van der Waals surface area (Å²) in [5.41, 5.74) is 0. The smallest absolute Gasteiger partial charge is 0.140 e. The molecule has 80 valence electrons. The fourth-order valence-corrected chi connectivity index (χ4v) is 1.27. The molecule has 0 radical (unpaired) electrons. The lowest BCUT2D eigenvalue weighted by Gasteiger charge is -2.14. The first kappa shape index (κ1) is 11.4. The van der Waals surface area contributed by atoms with E-state index in [1.807, 2.05) is 7.05 Å². The molecule has 0 saturated heterocycles. The van der Waals surface area contributed by atoms with Crippen molar-refractivity contribution in [3.8, 4) is 0 Å². The minimum absolute atomic E-state index is 0.151. The van der Waals surface area contributed by atoms with Crippen LogP contribution in [0.3, 0.4) is 0 Å². The second-order valence-corrected chi connectivity index (χ2v) is 3.30. The summed E-state index contributed by atoms with van der Waals surface area (Å²) in [7, 11) is 3.51. The number of alkyl halides is 1. The molecule has 1 rings (SSSR count). The molecule has 1 N–H and O–H groups in total. The van der Waals surface area contributed by atoms with Crippen LogP contribution in [0.2, 0.25) is 0 Å². The Labute approximate surface area is 88.4 Å². The van der Waals surface area contributed by atoms with Gasteiger partial charge in [0.25, 0.3) is 0 Å². The third-order valence-electron chi connectivity index (χ3n) is 1.91. The third-order valence-corrected chi connectivity index (χ3v) is 2.28. The highest BCUT2D eigenvalue weighted by Gasteiger charge is 2.07. The van der Waals surface area contributed by atoms with Crippen molar-refractivity contribution in [2.24, 2.45) is 7.05 Å². The molecule has 5 nitrogen and oxygen atoms in total. The molecule has 0 saturated carbocycles. The van der Waals surface area contributed by atoms with Crippen molar-refractivity contribution in [2.75, 3.05) is 19.6 Å². The fraction of sp³-hybridized carbons (Fsp3) is 0.750. The Bertz CT molecular complexity index is 266. The SMILES string of the molecule is COCC(CCl)NCc1ncnn1C. The Morgan fingerprint density at radius 2 is 2.50 bits per heavy atom. The first-order valence-electron chi connectivity index (χ1n) is 4.39. The molecular formula is C8H15ClN4O. The lowest BCUT2D eigenvalue weighted by Crippen LogP contribution is -2.35. The standard InChI is InChI=1S/C8H15ClN4O/c1-13-8(11-6-12-13)4-10-7(3-9)5-14-2/h6-7,10H,3-5H2,1-2H3. The van der Waals surface area contributed by atoms with Crippen LogP contribution in [0.4, 0.5) is 0 Å². The van der Waals surface area contributed by atoms with E-state index in [0.29, 0.717) is 19.0 Å². The van der Waals surface area contributed by atoms with Gasteiger partial charge in [0, 0.05) is 26.1 Å². The van der Waals surface area contributed by atoms with E-state index >= 15 is 0 Å². The number of aromatic nitrogens is 3. The van der Waals surface area contributed by atoms with Crippen LogP contribution in [0.15, 0.2) is 6.33 Å². The van der Waals surface area contributed by atoms with Gasteiger partial charge in [-0.3, -0.25) is 4.68 Å². The Kier molecular flexibility index (Phi) is 4.86. The van der Waals surface area contributed by atoms with Gasteiger partial charge in [-0.25, -0.2) is 4.98 Å². The van der Waals surface area contributed by atoms with Crippen molar-refractivity contribution in [3.63, 3.8) is 0 Å². The predicted octanol–water partition coefficient (Wildman–Crippen LogP) is 0.158. The van der Waals surface area contributed by atoms with Gasteiger partial charge in [-0.05, 0) is 0 Å². The van der Waals surface area contributed by atoms with Gasteiger partial charge < -0.3 is 10.1 Å². The van der Waals surface area contributed by atoms with Crippen LogP contribution < -0.4 is 5.32 Å². The molecule has 1 aromatic rings. The van der Waals surface area contributed by atoms with Gasteiger partial charge in [-0.1, -0.05) is 0 Å². The quantitative estimate of drug-likeness (QED) is 0.692. The van der Waals surface area contributed by atoms with Gasteiger partial charge in [0.1, 0.15) is 12.2 Å². The number of nitrogens with one attached hydrogen (secondary N) is 1. The number of nitrogens with zero attached hydrogens (tertiary/aromatic N) is 3. The van der Waals surface area contributed by atoms with Crippen molar-refractivity contribution in [2.45, 2.75) is 12.6 Å². The number of hydrogen-bond acceptors (Lipinski definition) is 4. The summed E-state index contributed by atoms with van der Waals surface area (Å²) >= 11 is 5.74. The van der Waals surface area contributed by atoms with E-state index in [0.717, 1.165) is 5.82 Å². The summed E-state index contributed by atoms with van der Waals surface area (Å²) in [5.74, 6) is 1.40. The van der Waals surface area contributed by atoms with Gasteiger partial charge in [0.05, 0.1) is 13.2 Å². The number of halogens is 1. The molecule has 0 aromatic carbocycles. The van der Waals surface area contributed by atoms with Crippen LogP contribution in [0.25, 0.3) is 0 Å². The molecule has 0 aliphatic rings. The van der Waals surface area contributed by atoms with Crippen LogP contribution in [-0.4, -0.2) is 40.4 Å². The van der Waals surface area contributed by atoms with E-state index in [1.54, 1.807) is 11.8 Å². The van der Waals surface area contributed by atoms with Crippen LogP contribution in [0.5, 0.6) is 0 Å². The van der Waals surface area contributed by atoms with Crippen molar-refractivity contribution >= 4 is 11.6 Å². The Balaban J connectivity index is 2.35. The largest absolute Gasteiger partial charge is 0.383 e. The maximum atomic E-state index is 5.74. The fourth-order valence-electron chi connectivity index (χ4n) is 1.08. The van der Waals surface area contributed by atoms with Crippen LogP contribution >= 0.6 is 11.6 Å². The van der Waals surface area contributed by atoms with Gasteiger partial charge in [0.15, 0.2) is 0 Å². The third kappa shape index (κ3) is 3.25. The molecule has 1 unspecified atom stereocenters. The summed E-state index contributed by atoms with van der Waals surface area (Å²) in [5, 5.41) is 7.20. The van der Waals surface area contributed by atoms with Gasteiger partial charge >= 0.3 is 0 Å². The highest BCUT2D eigenvalue weighted by Crippen LogP contribution is 1.94. The molecule has 0 spiro atoms. The summed E-state index contributed by atoms with van der Waals surface area (Å²) in [6.45, 7) is 1.25. The topological polar surface area (TPSA) is 52.0 Å². The van der Waals surface area contributed by atoms with Crippen LogP contribution in [0, 0.1) is 0 Å². The zero-order chi connectivity index (χ0) is 10.4. The molecule has 0 amide bonds. The number of hydrogen-bond donors (Lipinski definition) is 1. The first-order valence-corrected chi connectivity index (χ1v) is 4.92. The van der Waals surface area contributed by atoms with Crippen LogP contribution in [0.1, 0.15) is 5.82 Å². The summed E-state index contributed by atoms with van der Waals surface area (Å²) in [6, 6.07) is 0.151. The van der Waals surface area contributed by atoms with Crippen molar-refractivity contribution in [1.29, 1.82) is 0 Å². The Morgan fingerprint density at radius 3 is 3.00 bits per heavy atom. The number of aryl methyl sites for hydroxylation is 1. The van der Waals surface area contributed by atoms with E-state index in [2.05, 4.69) is 15.4 Å². The second kappa shape index (κ2) is 5.95. The molecule has 0 fully saturated rings. The maximum absolute atomic E-state index is 5.74. The number of rotatable bonds is 6. The number of methoxy groups -OCH3 is 1. The first-order chi connectivity index (χ1) is 6.77. The van der Waals surface area contributed by atoms with Crippen molar-refractivity contribution in [1.82, 2.24) is 20.1 Å². The molecule has 0 aliphatic carbocycles. The highest BCUT2D eigenvalue weighted by atomic mass is 35.5. The zero-order valence-electron chi connectivity index (χ0n) is 8.40. The average molecular weight is 219 g/mol. The minimum Gasteiger partial charge on any atom is -0.383 e. The monoisotopic (exact) mass is 218 g/mol. The van der Waals surface area contributed by atoms with E-state index in [4.69, 9.17) is 16.3 Å². The van der Waals surface area contributed by atoms with E-state index in [9.17, 15) is 0 Å². The van der Waals surface area contributed by atoms with E-state index in [-0.39, 0.29) is 6.04 Å². The summed E-state index contributed by atoms with van der Waals surface area (Å²) in [4.78, 5) is 4.09. The van der Waals surface area contributed by atoms with E-state index in [1.165, 1.54) is 6.33 Å². The molecule has 14 heavy (non-hydrogen) atoms. The molecule has 0 bridgehead atoms. The molecular weight excluding hydrogens is 204 g/mol. The van der Waals surface area contributed by atoms with Crippen LogP contribution in [-0.2, 0) is 18.3 Å². The molecule has 1 heterocycles. The minimum atomic E-state index is 0.151. The predicted molar refractivity (Wildman–Crippen MR) is 54.2 cm³/mol. The second-order valence-electron chi connectivity index (χ2n) is 2.99. The number of ether oxygens (including phenoxy) is 1. The van der Waals surface area contributed by atoms with Crippen molar-refractivity contribution < 1.29 is 4.74 Å². The van der Waals surface area contributed by atoms with Gasteiger partial charge in [-0.15, -0.1) is 11.6 Å². The molecule has 0 aliphatic heterocycles. The highest BCUT2D eigenvalue weighted by molar-refractivity contribution is 6.18. The van der Waals surface area contributed by atoms with Gasteiger partial charge in [-0.2, -0.15) is 5.10 Å². The van der Waals surface area contributed by atoms with Gasteiger partial charge in [0.2, 0.25) is 0 Å². The zero-order valence-corrected chi connectivity index (χ0v) is 9.16. The maximum Gasteiger partial charge on any atom is 0.140 e. The molecule has 6 heteroatoms.